The lowest BCUT2D eigenvalue weighted by atomic mass is 9.92. The SMILES string of the molecule is C=CC(=CC=CC)CC1=CCc2c(ncn(C3CCCCC3O)c2=O)-c2ccccc21. The lowest BCUT2D eigenvalue weighted by Crippen LogP contribution is -2.36. The van der Waals surface area contributed by atoms with Crippen molar-refractivity contribution < 1.29 is 5.11 Å². The molecule has 2 atom stereocenters. The quantitative estimate of drug-likeness (QED) is 0.666. The summed E-state index contributed by atoms with van der Waals surface area (Å²) in [5.41, 5.74) is 5.83. The number of aliphatic hydroxyl groups excluding tert-OH is 1. The first-order valence-corrected chi connectivity index (χ1v) is 11.1. The molecular formula is C27H30N2O2. The Bertz CT molecular complexity index is 1120. The number of aliphatic hydroxyl groups is 1. The molecule has 0 saturated heterocycles. The second kappa shape index (κ2) is 9.44. The molecule has 0 radical (unpaired) electrons. The molecule has 2 unspecified atom stereocenters. The number of fused-ring (bicyclic) bond motifs is 3. The zero-order valence-corrected chi connectivity index (χ0v) is 18.1. The van der Waals surface area contributed by atoms with Crippen molar-refractivity contribution in [3.05, 3.63) is 94.6 Å². The van der Waals surface area contributed by atoms with Crippen molar-refractivity contribution >= 4 is 5.57 Å². The molecule has 1 fully saturated rings. The second-order valence-electron chi connectivity index (χ2n) is 8.33. The number of nitrogens with zero attached hydrogens (tertiary/aromatic N) is 2. The van der Waals surface area contributed by atoms with Gasteiger partial charge in [0.25, 0.3) is 5.56 Å². The highest BCUT2D eigenvalue weighted by atomic mass is 16.3. The van der Waals surface area contributed by atoms with Gasteiger partial charge in [0.15, 0.2) is 0 Å². The van der Waals surface area contributed by atoms with Gasteiger partial charge in [-0.2, -0.15) is 0 Å². The van der Waals surface area contributed by atoms with E-state index in [2.05, 4.69) is 24.8 Å². The second-order valence-corrected chi connectivity index (χ2v) is 8.33. The van der Waals surface area contributed by atoms with E-state index in [4.69, 9.17) is 4.98 Å². The molecular weight excluding hydrogens is 384 g/mol. The van der Waals surface area contributed by atoms with Gasteiger partial charge in [0.05, 0.1) is 24.2 Å². The van der Waals surface area contributed by atoms with Crippen LogP contribution in [0.3, 0.4) is 0 Å². The first-order valence-electron chi connectivity index (χ1n) is 11.1. The van der Waals surface area contributed by atoms with E-state index in [1.54, 1.807) is 10.9 Å². The molecule has 4 nitrogen and oxygen atoms in total. The summed E-state index contributed by atoms with van der Waals surface area (Å²) in [7, 11) is 0. The van der Waals surface area contributed by atoms with Gasteiger partial charge in [0.2, 0.25) is 0 Å². The molecule has 0 amide bonds. The maximum Gasteiger partial charge on any atom is 0.257 e. The Balaban J connectivity index is 1.79. The Labute approximate surface area is 184 Å². The average molecular weight is 415 g/mol. The molecule has 1 saturated carbocycles. The fourth-order valence-electron chi connectivity index (χ4n) is 4.69. The van der Waals surface area contributed by atoms with Crippen LogP contribution in [0.15, 0.2) is 77.9 Å². The number of allylic oxidation sites excluding steroid dienone is 7. The molecule has 2 aliphatic carbocycles. The highest BCUT2D eigenvalue weighted by molar-refractivity contribution is 5.84. The van der Waals surface area contributed by atoms with Gasteiger partial charge in [-0.05, 0) is 49.3 Å². The fourth-order valence-corrected chi connectivity index (χ4v) is 4.69. The molecule has 0 bridgehead atoms. The van der Waals surface area contributed by atoms with Gasteiger partial charge in [0, 0.05) is 11.1 Å². The molecule has 1 aromatic carbocycles. The minimum absolute atomic E-state index is 0.0309. The summed E-state index contributed by atoms with van der Waals surface area (Å²) in [6.45, 7) is 5.96. The van der Waals surface area contributed by atoms with E-state index in [1.807, 2.05) is 43.4 Å². The van der Waals surface area contributed by atoms with E-state index >= 15 is 0 Å². The molecule has 1 N–H and O–H groups in total. The minimum atomic E-state index is -0.484. The third kappa shape index (κ3) is 4.26. The zero-order valence-electron chi connectivity index (χ0n) is 18.1. The largest absolute Gasteiger partial charge is 0.391 e. The van der Waals surface area contributed by atoms with E-state index < -0.39 is 6.10 Å². The molecule has 0 spiro atoms. The van der Waals surface area contributed by atoms with E-state index in [-0.39, 0.29) is 11.6 Å². The van der Waals surface area contributed by atoms with Crippen LogP contribution in [0.4, 0.5) is 0 Å². The zero-order chi connectivity index (χ0) is 21.8. The van der Waals surface area contributed by atoms with Crippen molar-refractivity contribution in [2.24, 2.45) is 0 Å². The highest BCUT2D eigenvalue weighted by Crippen LogP contribution is 2.36. The van der Waals surface area contributed by atoms with Crippen molar-refractivity contribution in [1.29, 1.82) is 0 Å². The predicted molar refractivity (Wildman–Crippen MR) is 127 cm³/mol. The van der Waals surface area contributed by atoms with Crippen LogP contribution in [0.1, 0.15) is 56.2 Å². The predicted octanol–water partition coefficient (Wildman–Crippen LogP) is 5.40. The van der Waals surface area contributed by atoms with E-state index in [0.29, 0.717) is 12.0 Å². The number of benzene rings is 1. The standard InChI is InChI=1S/C27H30N2O2/c1-3-5-10-19(4-2)17-20-15-16-23-26(22-12-7-6-11-21(20)22)28-18-29(27(23)31)24-13-8-9-14-25(24)30/h3-7,10-12,15,18,24-25,30H,2,8-9,13-14,16-17H2,1H3. The highest BCUT2D eigenvalue weighted by Gasteiger charge is 2.28. The van der Waals surface area contributed by atoms with Crippen LogP contribution in [-0.4, -0.2) is 20.8 Å². The van der Waals surface area contributed by atoms with Crippen molar-refractivity contribution in [3.8, 4) is 11.3 Å². The maximum absolute atomic E-state index is 13.5. The lowest BCUT2D eigenvalue weighted by molar-refractivity contribution is 0.0731. The Hall–Kier alpha value is -2.98. The van der Waals surface area contributed by atoms with Crippen molar-refractivity contribution in [1.82, 2.24) is 9.55 Å². The Kier molecular flexibility index (Phi) is 6.47. The molecule has 2 aliphatic rings. The van der Waals surface area contributed by atoms with Gasteiger partial charge in [-0.1, -0.05) is 74.1 Å². The van der Waals surface area contributed by atoms with Crippen LogP contribution in [0.2, 0.25) is 0 Å². The van der Waals surface area contributed by atoms with Gasteiger partial charge >= 0.3 is 0 Å². The fraction of sp³-hybridized carbons (Fsp3) is 0.333. The van der Waals surface area contributed by atoms with Crippen LogP contribution in [-0.2, 0) is 6.42 Å². The number of hydrogen-bond donors (Lipinski definition) is 1. The third-order valence-corrected chi connectivity index (χ3v) is 6.38. The van der Waals surface area contributed by atoms with E-state index in [0.717, 1.165) is 54.5 Å². The van der Waals surface area contributed by atoms with Crippen molar-refractivity contribution in [3.63, 3.8) is 0 Å². The first-order chi connectivity index (χ1) is 15.1. The van der Waals surface area contributed by atoms with Crippen LogP contribution >= 0.6 is 0 Å². The van der Waals surface area contributed by atoms with Crippen LogP contribution < -0.4 is 5.56 Å². The topological polar surface area (TPSA) is 55.1 Å². The van der Waals surface area contributed by atoms with Gasteiger partial charge < -0.3 is 5.11 Å². The Morgan fingerprint density at radius 1 is 1.26 bits per heavy atom. The van der Waals surface area contributed by atoms with Gasteiger partial charge in [-0.15, -0.1) is 0 Å². The van der Waals surface area contributed by atoms with Crippen LogP contribution in [0.5, 0.6) is 0 Å². The lowest BCUT2D eigenvalue weighted by Gasteiger charge is -2.29. The van der Waals surface area contributed by atoms with E-state index in [1.165, 1.54) is 5.57 Å². The monoisotopic (exact) mass is 414 g/mol. The minimum Gasteiger partial charge on any atom is -0.391 e. The Morgan fingerprint density at radius 3 is 2.77 bits per heavy atom. The van der Waals surface area contributed by atoms with Gasteiger partial charge in [-0.3, -0.25) is 9.36 Å². The number of hydrogen-bond acceptors (Lipinski definition) is 3. The van der Waals surface area contributed by atoms with Gasteiger partial charge in [0.1, 0.15) is 0 Å². The van der Waals surface area contributed by atoms with Crippen LogP contribution in [0.25, 0.3) is 16.8 Å². The van der Waals surface area contributed by atoms with Crippen LogP contribution in [0, 0.1) is 0 Å². The molecule has 2 aromatic rings. The summed E-state index contributed by atoms with van der Waals surface area (Å²) in [5, 5.41) is 10.5. The number of rotatable bonds is 5. The normalized spacial score (nSPS) is 21.2. The maximum atomic E-state index is 13.5. The molecule has 4 heteroatoms. The third-order valence-electron chi connectivity index (χ3n) is 6.38. The summed E-state index contributed by atoms with van der Waals surface area (Å²) in [6, 6.07) is 7.99. The molecule has 4 rings (SSSR count). The van der Waals surface area contributed by atoms with E-state index in [9.17, 15) is 9.90 Å². The number of aromatic nitrogens is 2. The summed E-state index contributed by atoms with van der Waals surface area (Å²) in [5.74, 6) is 0. The molecule has 31 heavy (non-hydrogen) atoms. The average Bonchev–Trinajstić information content (AvgIpc) is 2.95. The van der Waals surface area contributed by atoms with Gasteiger partial charge in [-0.25, -0.2) is 4.98 Å². The Morgan fingerprint density at radius 2 is 2.03 bits per heavy atom. The smallest absolute Gasteiger partial charge is 0.257 e. The molecule has 1 aromatic heterocycles. The van der Waals surface area contributed by atoms with Crippen molar-refractivity contribution in [2.75, 3.05) is 0 Å². The summed E-state index contributed by atoms with van der Waals surface area (Å²) >= 11 is 0. The summed E-state index contributed by atoms with van der Waals surface area (Å²) in [4.78, 5) is 18.2. The summed E-state index contributed by atoms with van der Waals surface area (Å²) < 4.78 is 1.67. The summed E-state index contributed by atoms with van der Waals surface area (Å²) in [6.07, 6.45) is 16.2. The molecule has 1 heterocycles. The van der Waals surface area contributed by atoms with Crippen molar-refractivity contribution in [2.45, 2.75) is 57.6 Å². The first kappa shape index (κ1) is 21.3. The molecule has 0 aliphatic heterocycles. The molecule has 160 valence electrons.